The molecule has 4 nitrogen and oxygen atoms in total. The first-order valence-electron chi connectivity index (χ1n) is 15.3. The number of fused-ring (bicyclic) bond motifs is 4. The molecule has 2 aromatic heterocycles. The summed E-state index contributed by atoms with van der Waals surface area (Å²) in [6, 6.07) is 2.51. The third-order valence-electron chi connectivity index (χ3n) is 9.09. The molecule has 5 rings (SSSR count). The molecule has 8 heteroatoms. The maximum absolute atomic E-state index is 13.2. The van der Waals surface area contributed by atoms with Gasteiger partial charge in [0.1, 0.15) is 11.8 Å². The van der Waals surface area contributed by atoms with E-state index in [0.717, 1.165) is 59.8 Å². The Morgan fingerprint density at radius 2 is 1.74 bits per heavy atom. The molecule has 1 spiro atoms. The van der Waals surface area contributed by atoms with Gasteiger partial charge >= 0.3 is 6.18 Å². The predicted octanol–water partition coefficient (Wildman–Crippen LogP) is 9.75. The maximum Gasteiger partial charge on any atom is 0.433 e. The van der Waals surface area contributed by atoms with Crippen LogP contribution in [0.4, 0.5) is 13.2 Å². The zero-order valence-electron chi connectivity index (χ0n) is 27.1. The Balaban J connectivity index is 0.000000541. The van der Waals surface area contributed by atoms with E-state index < -0.39 is 29.7 Å². The van der Waals surface area contributed by atoms with Crippen molar-refractivity contribution >= 4 is 12.6 Å². The van der Waals surface area contributed by atoms with Crippen molar-refractivity contribution in [2.45, 2.75) is 131 Å². The Morgan fingerprint density at radius 1 is 1.12 bits per heavy atom. The van der Waals surface area contributed by atoms with Gasteiger partial charge in [-0.1, -0.05) is 74.8 Å². The first-order valence-corrected chi connectivity index (χ1v) is 16.2. The van der Waals surface area contributed by atoms with Crippen LogP contribution >= 0.6 is 12.6 Å². The normalized spacial score (nSPS) is 26.2. The monoisotopic (exact) mass is 608 g/mol. The minimum atomic E-state index is -4.49. The number of pyridine rings is 2. The molecule has 0 amide bonds. The van der Waals surface area contributed by atoms with Gasteiger partial charge in [0, 0.05) is 34.3 Å². The number of nitrogens with zero attached hydrogens (tertiary/aromatic N) is 2. The summed E-state index contributed by atoms with van der Waals surface area (Å²) < 4.78 is 46.4. The number of hydrogen-bond acceptors (Lipinski definition) is 5. The largest absolute Gasteiger partial charge is 0.433 e. The average Bonchev–Trinajstić information content (AvgIpc) is 3.43. The highest BCUT2D eigenvalue weighted by atomic mass is 32.1. The van der Waals surface area contributed by atoms with E-state index in [1.165, 1.54) is 18.7 Å². The predicted molar refractivity (Wildman–Crippen MR) is 167 cm³/mol. The van der Waals surface area contributed by atoms with E-state index in [4.69, 9.17) is 9.72 Å². The van der Waals surface area contributed by atoms with E-state index in [9.17, 15) is 18.3 Å². The lowest BCUT2D eigenvalue weighted by Crippen LogP contribution is -2.34. The summed E-state index contributed by atoms with van der Waals surface area (Å²) in [5.74, 6) is 0.328. The van der Waals surface area contributed by atoms with Crippen molar-refractivity contribution in [3.8, 4) is 0 Å². The molecule has 1 saturated carbocycles. The highest BCUT2D eigenvalue weighted by Gasteiger charge is 2.55. The van der Waals surface area contributed by atoms with E-state index in [-0.39, 0.29) is 17.3 Å². The summed E-state index contributed by atoms with van der Waals surface area (Å²) in [6.07, 6.45) is 2.84. The van der Waals surface area contributed by atoms with Crippen LogP contribution in [0, 0.1) is 16.7 Å². The van der Waals surface area contributed by atoms with Crippen LogP contribution in [0.3, 0.4) is 0 Å². The molecule has 4 unspecified atom stereocenters. The number of hydrogen-bond donors (Lipinski definition) is 2. The molecule has 236 valence electrons. The summed E-state index contributed by atoms with van der Waals surface area (Å²) >= 11 is 3.53. The third-order valence-corrected chi connectivity index (χ3v) is 9.09. The second kappa shape index (κ2) is 12.8. The minimum absolute atomic E-state index is 0.0629. The molecule has 1 N–H and O–H groups in total. The molecule has 0 aromatic carbocycles. The fourth-order valence-corrected chi connectivity index (χ4v) is 6.48. The van der Waals surface area contributed by atoms with Crippen LogP contribution in [-0.4, -0.2) is 21.3 Å². The zero-order valence-corrected chi connectivity index (χ0v) is 28.0. The summed E-state index contributed by atoms with van der Waals surface area (Å²) in [6.45, 7) is 19.6. The number of thiol groups is 1. The summed E-state index contributed by atoms with van der Waals surface area (Å²) in [4.78, 5) is 8.82. The van der Waals surface area contributed by atoms with Crippen molar-refractivity contribution in [2.24, 2.45) is 16.7 Å². The van der Waals surface area contributed by atoms with Crippen LogP contribution in [0.2, 0.25) is 0 Å². The first-order chi connectivity index (χ1) is 19.4. The molecule has 3 aliphatic rings. The molecule has 1 aliphatic heterocycles. The van der Waals surface area contributed by atoms with E-state index in [1.54, 1.807) is 6.26 Å². The Bertz CT molecular complexity index is 1220. The Morgan fingerprint density at radius 3 is 2.19 bits per heavy atom. The molecule has 4 atom stereocenters. The smallest absolute Gasteiger partial charge is 0.388 e. The number of aliphatic hydroxyl groups is 1. The van der Waals surface area contributed by atoms with Gasteiger partial charge in [0.25, 0.3) is 0 Å². The minimum Gasteiger partial charge on any atom is -0.388 e. The fraction of sp³-hybridized carbons (Fsp3) is 0.706. The lowest BCUT2D eigenvalue weighted by Gasteiger charge is -2.39. The lowest BCUT2D eigenvalue weighted by atomic mass is 9.69. The number of rotatable bonds is 2. The van der Waals surface area contributed by atoms with Crippen molar-refractivity contribution in [3.63, 3.8) is 0 Å². The van der Waals surface area contributed by atoms with Gasteiger partial charge in [-0.3, -0.25) is 9.97 Å². The SMILES string of the molecule is CC(C)c1nc2c(c3c1C(c1ccc(C(F)(F)F)nc1)OC31CCCC1C)C(O)CC(C)(C)C2.CCC(C)(C)C.CS. The molecule has 0 saturated heterocycles. The Kier molecular flexibility index (Phi) is 10.6. The van der Waals surface area contributed by atoms with Crippen LogP contribution in [0.5, 0.6) is 0 Å². The molecule has 3 heterocycles. The molecule has 0 bridgehead atoms. The molecule has 2 aromatic rings. The van der Waals surface area contributed by atoms with Crippen molar-refractivity contribution in [1.82, 2.24) is 9.97 Å². The Labute approximate surface area is 256 Å². The van der Waals surface area contributed by atoms with Crippen molar-refractivity contribution in [1.29, 1.82) is 0 Å². The van der Waals surface area contributed by atoms with E-state index in [2.05, 4.69) is 79.9 Å². The van der Waals surface area contributed by atoms with Crippen LogP contribution in [0.25, 0.3) is 0 Å². The molecule has 0 radical (unpaired) electrons. The maximum atomic E-state index is 13.2. The van der Waals surface area contributed by atoms with Gasteiger partial charge in [0.05, 0.1) is 11.7 Å². The highest BCUT2D eigenvalue weighted by molar-refractivity contribution is 7.79. The number of halogens is 3. The molecule has 1 fully saturated rings. The number of ether oxygens (including phenoxy) is 1. The topological polar surface area (TPSA) is 55.2 Å². The van der Waals surface area contributed by atoms with Crippen LogP contribution < -0.4 is 0 Å². The van der Waals surface area contributed by atoms with Crippen LogP contribution in [0.15, 0.2) is 18.3 Å². The second-order valence-corrected chi connectivity index (χ2v) is 14.4. The highest BCUT2D eigenvalue weighted by Crippen LogP contribution is 2.61. The first kappa shape index (κ1) is 34.8. The standard InChI is InChI=1S/C27H33F3N2O2.C6H14.CH4S/c1-14(2)23-21-22(20-17(32-23)11-25(4,5)12-18(20)33)26(10-6-7-15(26)3)34-24(21)16-8-9-19(31-13-16)27(28,29)30;1-5-6(2,3)4;1-2/h8-9,13-15,18,24,33H,6-7,10-12H2,1-5H3;5H2,1-4H3;2H,1H3. The van der Waals surface area contributed by atoms with Crippen molar-refractivity contribution in [3.05, 3.63) is 57.7 Å². The van der Waals surface area contributed by atoms with Gasteiger partial charge in [0.15, 0.2) is 0 Å². The zero-order chi connectivity index (χ0) is 31.8. The molecular weight excluding hydrogens is 557 g/mol. The quantitative estimate of drug-likeness (QED) is 0.333. The molecule has 42 heavy (non-hydrogen) atoms. The van der Waals surface area contributed by atoms with E-state index >= 15 is 0 Å². The van der Waals surface area contributed by atoms with E-state index in [1.807, 2.05) is 0 Å². The van der Waals surface area contributed by atoms with Crippen molar-refractivity contribution < 1.29 is 23.0 Å². The second-order valence-electron chi connectivity index (χ2n) is 14.4. The van der Waals surface area contributed by atoms with Gasteiger partial charge in [-0.25, -0.2) is 0 Å². The third kappa shape index (κ3) is 7.02. The van der Waals surface area contributed by atoms with Gasteiger partial charge in [-0.15, -0.1) is 0 Å². The van der Waals surface area contributed by atoms with Crippen molar-refractivity contribution in [2.75, 3.05) is 6.26 Å². The summed E-state index contributed by atoms with van der Waals surface area (Å²) in [5.41, 5.74) is 4.34. The van der Waals surface area contributed by atoms with Crippen LogP contribution in [0.1, 0.15) is 152 Å². The number of aromatic nitrogens is 2. The van der Waals surface area contributed by atoms with Crippen LogP contribution in [-0.2, 0) is 22.9 Å². The Hall–Kier alpha value is -1.64. The number of aliphatic hydroxyl groups excluding tert-OH is 1. The lowest BCUT2D eigenvalue weighted by molar-refractivity contribution is -0.141. The van der Waals surface area contributed by atoms with Gasteiger partial charge < -0.3 is 9.84 Å². The fourth-order valence-electron chi connectivity index (χ4n) is 6.48. The number of alkyl halides is 3. The summed E-state index contributed by atoms with van der Waals surface area (Å²) in [5, 5.41) is 11.4. The summed E-state index contributed by atoms with van der Waals surface area (Å²) in [7, 11) is 0. The van der Waals surface area contributed by atoms with Gasteiger partial charge in [0.2, 0.25) is 0 Å². The van der Waals surface area contributed by atoms with Gasteiger partial charge in [-0.2, -0.15) is 25.8 Å². The molecular formula is C34H51F3N2O2S. The van der Waals surface area contributed by atoms with E-state index in [0.29, 0.717) is 17.4 Å². The molecule has 2 aliphatic carbocycles. The average molecular weight is 609 g/mol. The van der Waals surface area contributed by atoms with Gasteiger partial charge in [-0.05, 0) is 72.7 Å².